The van der Waals surface area contributed by atoms with Gasteiger partial charge in [0.2, 0.25) is 0 Å². The molecule has 0 radical (unpaired) electrons. The number of aryl methyl sites for hydroxylation is 2. The van der Waals surface area contributed by atoms with Crippen LogP contribution in [0.25, 0.3) is 0 Å². The summed E-state index contributed by atoms with van der Waals surface area (Å²) in [6.07, 6.45) is 2.50. The molecule has 2 aliphatic heterocycles. The highest BCUT2D eigenvalue weighted by Gasteiger charge is 2.36. The summed E-state index contributed by atoms with van der Waals surface area (Å²) in [5, 5.41) is 3.55. The average molecular weight is 258 g/mol. The van der Waals surface area contributed by atoms with Crippen LogP contribution in [0.1, 0.15) is 34.3 Å². The van der Waals surface area contributed by atoms with Crippen LogP contribution >= 0.6 is 0 Å². The normalized spacial score (nSPS) is 26.3. The molecule has 2 fully saturated rings. The van der Waals surface area contributed by atoms with Crippen LogP contribution in [0.2, 0.25) is 0 Å². The van der Waals surface area contributed by atoms with Crippen molar-refractivity contribution in [1.82, 2.24) is 10.2 Å². The number of amides is 1. The Morgan fingerprint density at radius 3 is 2.95 bits per heavy atom. The van der Waals surface area contributed by atoms with E-state index in [1.807, 2.05) is 30.9 Å². The predicted molar refractivity (Wildman–Crippen MR) is 76.3 cm³/mol. The van der Waals surface area contributed by atoms with Gasteiger partial charge in [0.1, 0.15) is 0 Å². The first-order valence-corrected chi connectivity index (χ1v) is 7.25. The number of rotatable bonds is 1. The second-order valence-corrected chi connectivity index (χ2v) is 5.99. The SMILES string of the molecule is Cc1ccc(C)c(C(=O)N2C[C@@H]3CCCN[C@@H]3C2)c1. The first kappa shape index (κ1) is 12.7. The van der Waals surface area contributed by atoms with Crippen LogP contribution in [0.5, 0.6) is 0 Å². The van der Waals surface area contributed by atoms with Crippen LogP contribution in [0, 0.1) is 19.8 Å². The number of carbonyl (C=O) groups is 1. The number of piperidine rings is 1. The third-order valence-corrected chi connectivity index (χ3v) is 4.51. The lowest BCUT2D eigenvalue weighted by Crippen LogP contribution is -2.41. The molecule has 0 aliphatic carbocycles. The summed E-state index contributed by atoms with van der Waals surface area (Å²) in [5.41, 5.74) is 3.11. The van der Waals surface area contributed by atoms with Crippen molar-refractivity contribution in [3.8, 4) is 0 Å². The van der Waals surface area contributed by atoms with Gasteiger partial charge in [0, 0.05) is 24.7 Å². The molecule has 0 bridgehead atoms. The Balaban J connectivity index is 1.79. The minimum atomic E-state index is 0.206. The van der Waals surface area contributed by atoms with E-state index in [2.05, 4.69) is 11.4 Å². The number of nitrogens with one attached hydrogen (secondary N) is 1. The summed E-state index contributed by atoms with van der Waals surface area (Å²) in [6.45, 7) is 6.96. The maximum Gasteiger partial charge on any atom is 0.254 e. The third kappa shape index (κ3) is 2.39. The Kier molecular flexibility index (Phi) is 3.31. The summed E-state index contributed by atoms with van der Waals surface area (Å²) >= 11 is 0. The van der Waals surface area contributed by atoms with E-state index in [0.29, 0.717) is 12.0 Å². The van der Waals surface area contributed by atoms with Gasteiger partial charge in [0.25, 0.3) is 5.91 Å². The van der Waals surface area contributed by atoms with E-state index >= 15 is 0 Å². The van der Waals surface area contributed by atoms with E-state index in [-0.39, 0.29) is 5.91 Å². The molecule has 0 saturated carbocycles. The summed E-state index contributed by atoms with van der Waals surface area (Å²) in [4.78, 5) is 14.7. The molecule has 1 aromatic carbocycles. The highest BCUT2D eigenvalue weighted by molar-refractivity contribution is 5.96. The molecule has 102 valence electrons. The van der Waals surface area contributed by atoms with Gasteiger partial charge < -0.3 is 10.2 Å². The second kappa shape index (κ2) is 4.97. The highest BCUT2D eigenvalue weighted by atomic mass is 16.2. The third-order valence-electron chi connectivity index (χ3n) is 4.51. The van der Waals surface area contributed by atoms with Crippen molar-refractivity contribution in [2.75, 3.05) is 19.6 Å². The van der Waals surface area contributed by atoms with Gasteiger partial charge in [-0.05, 0) is 50.8 Å². The lowest BCUT2D eigenvalue weighted by Gasteiger charge is -2.24. The largest absolute Gasteiger partial charge is 0.337 e. The fourth-order valence-electron chi connectivity index (χ4n) is 3.35. The highest BCUT2D eigenvalue weighted by Crippen LogP contribution is 2.26. The molecule has 2 atom stereocenters. The Bertz CT molecular complexity index is 484. The number of carbonyl (C=O) groups excluding carboxylic acids is 1. The van der Waals surface area contributed by atoms with E-state index in [0.717, 1.165) is 36.3 Å². The maximum absolute atomic E-state index is 12.7. The van der Waals surface area contributed by atoms with Gasteiger partial charge in [0.05, 0.1) is 0 Å². The smallest absolute Gasteiger partial charge is 0.254 e. The molecule has 0 spiro atoms. The van der Waals surface area contributed by atoms with Crippen molar-refractivity contribution in [3.05, 3.63) is 34.9 Å². The van der Waals surface area contributed by atoms with Gasteiger partial charge >= 0.3 is 0 Å². The molecule has 3 nitrogen and oxygen atoms in total. The van der Waals surface area contributed by atoms with Crippen molar-refractivity contribution in [3.63, 3.8) is 0 Å². The van der Waals surface area contributed by atoms with Crippen LogP contribution < -0.4 is 5.32 Å². The molecule has 1 aromatic rings. The van der Waals surface area contributed by atoms with Crippen molar-refractivity contribution in [2.45, 2.75) is 32.7 Å². The molecule has 2 heterocycles. The number of nitrogens with zero attached hydrogens (tertiary/aromatic N) is 1. The number of hydrogen-bond donors (Lipinski definition) is 1. The quantitative estimate of drug-likeness (QED) is 0.837. The zero-order chi connectivity index (χ0) is 13.4. The number of hydrogen-bond acceptors (Lipinski definition) is 2. The summed E-state index contributed by atoms with van der Waals surface area (Å²) in [6, 6.07) is 6.65. The Morgan fingerprint density at radius 1 is 1.32 bits per heavy atom. The predicted octanol–water partition coefficient (Wildman–Crippen LogP) is 2.13. The first-order chi connectivity index (χ1) is 9.15. The van der Waals surface area contributed by atoms with Crippen LogP contribution in [0.4, 0.5) is 0 Å². The number of likely N-dealkylation sites (tertiary alicyclic amines) is 1. The molecule has 0 aromatic heterocycles. The zero-order valence-corrected chi connectivity index (χ0v) is 11.8. The lowest BCUT2D eigenvalue weighted by atomic mass is 9.94. The van der Waals surface area contributed by atoms with E-state index in [1.165, 1.54) is 12.8 Å². The monoisotopic (exact) mass is 258 g/mol. The Labute approximate surface area is 115 Å². The Morgan fingerprint density at radius 2 is 2.16 bits per heavy atom. The van der Waals surface area contributed by atoms with Crippen LogP contribution in [-0.4, -0.2) is 36.5 Å². The first-order valence-electron chi connectivity index (χ1n) is 7.25. The van der Waals surface area contributed by atoms with Gasteiger partial charge in [0.15, 0.2) is 0 Å². The Hall–Kier alpha value is -1.35. The molecule has 0 unspecified atom stereocenters. The van der Waals surface area contributed by atoms with E-state index in [1.54, 1.807) is 0 Å². The van der Waals surface area contributed by atoms with Crippen molar-refractivity contribution < 1.29 is 4.79 Å². The van der Waals surface area contributed by atoms with Gasteiger partial charge in [-0.25, -0.2) is 0 Å². The minimum Gasteiger partial charge on any atom is -0.337 e. The van der Waals surface area contributed by atoms with E-state index in [9.17, 15) is 4.79 Å². The van der Waals surface area contributed by atoms with Gasteiger partial charge in [-0.2, -0.15) is 0 Å². The summed E-state index contributed by atoms with van der Waals surface area (Å²) in [5.74, 6) is 0.861. The fraction of sp³-hybridized carbons (Fsp3) is 0.562. The molecular formula is C16H22N2O. The number of fused-ring (bicyclic) bond motifs is 1. The van der Waals surface area contributed by atoms with Crippen molar-refractivity contribution in [1.29, 1.82) is 0 Å². The second-order valence-electron chi connectivity index (χ2n) is 5.99. The molecule has 1 amide bonds. The molecule has 3 heteroatoms. The zero-order valence-electron chi connectivity index (χ0n) is 11.8. The molecule has 19 heavy (non-hydrogen) atoms. The number of benzene rings is 1. The van der Waals surface area contributed by atoms with Crippen molar-refractivity contribution >= 4 is 5.91 Å². The van der Waals surface area contributed by atoms with E-state index in [4.69, 9.17) is 0 Å². The van der Waals surface area contributed by atoms with Crippen LogP contribution in [0.15, 0.2) is 18.2 Å². The van der Waals surface area contributed by atoms with Gasteiger partial charge in [-0.3, -0.25) is 4.79 Å². The fourth-order valence-corrected chi connectivity index (χ4v) is 3.35. The van der Waals surface area contributed by atoms with Crippen molar-refractivity contribution in [2.24, 2.45) is 5.92 Å². The lowest BCUT2D eigenvalue weighted by molar-refractivity contribution is 0.0785. The summed E-state index contributed by atoms with van der Waals surface area (Å²) in [7, 11) is 0. The molecule has 1 N–H and O–H groups in total. The molecule has 3 rings (SSSR count). The molecule has 2 aliphatic rings. The molecular weight excluding hydrogens is 236 g/mol. The maximum atomic E-state index is 12.7. The van der Waals surface area contributed by atoms with Gasteiger partial charge in [-0.1, -0.05) is 17.7 Å². The summed E-state index contributed by atoms with van der Waals surface area (Å²) < 4.78 is 0. The average Bonchev–Trinajstić information content (AvgIpc) is 2.84. The van der Waals surface area contributed by atoms with Crippen LogP contribution in [-0.2, 0) is 0 Å². The topological polar surface area (TPSA) is 32.3 Å². The molecule has 2 saturated heterocycles. The van der Waals surface area contributed by atoms with E-state index < -0.39 is 0 Å². The van der Waals surface area contributed by atoms with Crippen LogP contribution in [0.3, 0.4) is 0 Å². The minimum absolute atomic E-state index is 0.206. The standard InChI is InChI=1S/C16H22N2O/c1-11-5-6-12(2)14(8-11)16(19)18-9-13-4-3-7-17-15(13)10-18/h5-6,8,13,15,17H,3-4,7,9-10H2,1-2H3/t13-,15+/m0/s1. The van der Waals surface area contributed by atoms with Gasteiger partial charge in [-0.15, -0.1) is 0 Å².